The van der Waals surface area contributed by atoms with Crippen LogP contribution in [0.3, 0.4) is 0 Å². The molecule has 3 saturated heterocycles. The molecule has 266 valence electrons. The molecule has 19 atom stereocenters. The van der Waals surface area contributed by atoms with Gasteiger partial charge in [0.15, 0.2) is 24.8 Å². The van der Waals surface area contributed by atoms with Crippen molar-refractivity contribution in [2.24, 2.45) is 11.8 Å². The van der Waals surface area contributed by atoms with Gasteiger partial charge in [-0.3, -0.25) is 4.79 Å². The number of hydrogen-bond acceptors (Lipinski definition) is 16. The van der Waals surface area contributed by atoms with Crippen molar-refractivity contribution < 1.29 is 84.3 Å². The molecule has 0 amide bonds. The van der Waals surface area contributed by atoms with Crippen molar-refractivity contribution >= 4 is 5.97 Å². The summed E-state index contributed by atoms with van der Waals surface area (Å²) in [6.07, 6.45) is -19.3. The Balaban J connectivity index is 1.38. The number of ether oxygens (including phenoxy) is 6. The molecule has 0 aromatic heterocycles. The Morgan fingerprint density at radius 3 is 1.93 bits per heavy atom. The number of esters is 1. The van der Waals surface area contributed by atoms with Gasteiger partial charge < -0.3 is 79.5 Å². The van der Waals surface area contributed by atoms with Crippen LogP contribution in [0.5, 0.6) is 0 Å². The van der Waals surface area contributed by atoms with Gasteiger partial charge in [-0.25, -0.2) is 0 Å². The lowest BCUT2D eigenvalue weighted by atomic mass is 9.72. The molecule has 46 heavy (non-hydrogen) atoms. The van der Waals surface area contributed by atoms with Gasteiger partial charge in [0.1, 0.15) is 61.5 Å². The highest BCUT2D eigenvalue weighted by atomic mass is 16.7. The minimum absolute atomic E-state index is 0.0926. The van der Waals surface area contributed by atoms with E-state index >= 15 is 0 Å². The van der Waals surface area contributed by atoms with Gasteiger partial charge in [-0.05, 0) is 25.7 Å². The van der Waals surface area contributed by atoms with E-state index < -0.39 is 129 Å². The fourth-order valence-electron chi connectivity index (χ4n) is 7.53. The molecule has 5 rings (SSSR count). The second kappa shape index (κ2) is 15.2. The summed E-state index contributed by atoms with van der Waals surface area (Å²) >= 11 is 0. The molecule has 3 aliphatic heterocycles. The molecular weight excluding hydrogens is 620 g/mol. The van der Waals surface area contributed by atoms with E-state index in [1.54, 1.807) is 0 Å². The van der Waals surface area contributed by atoms with E-state index in [1.807, 2.05) is 0 Å². The zero-order valence-corrected chi connectivity index (χ0v) is 25.5. The lowest BCUT2D eigenvalue weighted by molar-refractivity contribution is -0.367. The third-order valence-corrected chi connectivity index (χ3v) is 10.1. The van der Waals surface area contributed by atoms with E-state index in [9.17, 15) is 55.9 Å². The van der Waals surface area contributed by atoms with Crippen LogP contribution in [0.15, 0.2) is 0 Å². The van der Waals surface area contributed by atoms with Crippen LogP contribution in [0.4, 0.5) is 0 Å². The van der Waals surface area contributed by atoms with E-state index in [4.69, 9.17) is 28.4 Å². The number of hydrogen-bond donors (Lipinski definition) is 10. The second-order valence-corrected chi connectivity index (χ2v) is 13.3. The SMILES string of the molecule is CC(=O)OCC1OC(OC2CC3C(OC4OC(CO)C(O)C(O)C4O)CC(O)CC3[OH+]C2C2CCC(O)C(O)C2)C(O)C(O)C1O. The van der Waals surface area contributed by atoms with Crippen molar-refractivity contribution in [3.05, 3.63) is 0 Å². The third-order valence-electron chi connectivity index (χ3n) is 10.1. The van der Waals surface area contributed by atoms with Crippen molar-refractivity contribution in [3.63, 3.8) is 0 Å². The van der Waals surface area contributed by atoms with Crippen LogP contribution in [0, 0.1) is 11.8 Å². The third kappa shape index (κ3) is 7.69. The zero-order valence-electron chi connectivity index (χ0n) is 25.5. The Hall–Kier alpha value is -1.13. The maximum absolute atomic E-state index is 11.4. The first kappa shape index (κ1) is 36.2. The lowest BCUT2D eigenvalue weighted by Crippen LogP contribution is -2.64. The first-order valence-corrected chi connectivity index (χ1v) is 16.0. The largest absolute Gasteiger partial charge is 0.463 e. The Kier molecular flexibility index (Phi) is 11.9. The minimum Gasteiger partial charge on any atom is -0.463 e. The number of carbonyl (C=O) groups excluding carboxylic acids is 1. The second-order valence-electron chi connectivity index (χ2n) is 13.3. The van der Waals surface area contributed by atoms with Crippen LogP contribution in [-0.2, 0) is 28.5 Å². The summed E-state index contributed by atoms with van der Waals surface area (Å²) in [4.78, 5) is 11.4. The molecule has 11 N–H and O–H groups in total. The number of aliphatic hydroxyl groups is 12. The highest BCUT2D eigenvalue weighted by molar-refractivity contribution is 5.65. The molecule has 5 fully saturated rings. The van der Waals surface area contributed by atoms with E-state index in [-0.39, 0.29) is 31.6 Å². The van der Waals surface area contributed by atoms with Gasteiger partial charge in [0.05, 0.1) is 36.9 Å². The van der Waals surface area contributed by atoms with Crippen LogP contribution >= 0.6 is 0 Å². The first-order valence-electron chi connectivity index (χ1n) is 16.0. The normalized spacial score (nSPS) is 51.7. The number of rotatable bonds is 8. The molecule has 0 aromatic rings. The van der Waals surface area contributed by atoms with Gasteiger partial charge in [-0.15, -0.1) is 0 Å². The van der Waals surface area contributed by atoms with Crippen molar-refractivity contribution in [1.82, 2.24) is 0 Å². The maximum atomic E-state index is 11.4. The van der Waals surface area contributed by atoms with E-state index in [2.05, 4.69) is 0 Å². The van der Waals surface area contributed by atoms with E-state index in [1.165, 1.54) is 0 Å². The van der Waals surface area contributed by atoms with Gasteiger partial charge in [0.2, 0.25) is 0 Å². The molecule has 2 saturated carbocycles. The summed E-state index contributed by atoms with van der Waals surface area (Å²) in [6.45, 7) is 0.100. The van der Waals surface area contributed by atoms with Gasteiger partial charge in [0.25, 0.3) is 0 Å². The summed E-state index contributed by atoms with van der Waals surface area (Å²) in [6, 6.07) is 0. The summed E-state index contributed by atoms with van der Waals surface area (Å²) < 4.78 is 33.7. The summed E-state index contributed by atoms with van der Waals surface area (Å²) in [5, 5.41) is 104. The molecule has 5 aliphatic rings. The van der Waals surface area contributed by atoms with Gasteiger partial charge in [0, 0.05) is 25.7 Å². The molecule has 17 heteroatoms. The summed E-state index contributed by atoms with van der Waals surface area (Å²) in [5.41, 5.74) is 0. The Morgan fingerprint density at radius 1 is 0.717 bits per heavy atom. The van der Waals surface area contributed by atoms with Crippen LogP contribution in [0.2, 0.25) is 0 Å². The van der Waals surface area contributed by atoms with E-state index in [0.717, 1.165) is 6.92 Å². The molecule has 17 nitrogen and oxygen atoms in total. The monoisotopic (exact) mass is 669 g/mol. The highest BCUT2D eigenvalue weighted by Crippen LogP contribution is 2.43. The topological polar surface area (TPSA) is 278 Å². The zero-order chi connectivity index (χ0) is 33.4. The molecule has 3 heterocycles. The van der Waals surface area contributed by atoms with Crippen molar-refractivity contribution in [2.75, 3.05) is 13.2 Å². The smallest absolute Gasteiger partial charge is 0.302 e. The molecule has 0 bridgehead atoms. The maximum Gasteiger partial charge on any atom is 0.302 e. The van der Waals surface area contributed by atoms with Crippen LogP contribution in [0.25, 0.3) is 0 Å². The van der Waals surface area contributed by atoms with E-state index in [0.29, 0.717) is 12.8 Å². The number of fused-ring (bicyclic) bond motifs is 1. The first-order chi connectivity index (χ1) is 21.8. The van der Waals surface area contributed by atoms with Gasteiger partial charge in [-0.2, -0.15) is 0 Å². The van der Waals surface area contributed by atoms with Crippen molar-refractivity contribution in [2.45, 2.75) is 150 Å². The highest BCUT2D eigenvalue weighted by Gasteiger charge is 2.56. The molecule has 0 spiro atoms. The predicted molar refractivity (Wildman–Crippen MR) is 149 cm³/mol. The standard InChI is InChI=1S/C29H48O17/c1-10(31)41-9-20-22(36)24(38)26(40)29(46-20)44-18-7-13-16(42-27(18)11-2-3-14(33)15(34)4-11)5-12(32)6-17(13)43-28-25(39)23(37)21(35)19(8-30)45-28/h11-30,32-40H,2-9H2,1H3/p+1. The predicted octanol–water partition coefficient (Wildman–Crippen LogP) is -5.11. The van der Waals surface area contributed by atoms with Gasteiger partial charge >= 0.3 is 5.97 Å². The Bertz CT molecular complexity index is 1000. The van der Waals surface area contributed by atoms with Crippen molar-refractivity contribution in [3.8, 4) is 0 Å². The number of aliphatic hydroxyl groups excluding tert-OH is 10. The lowest BCUT2D eigenvalue weighted by Gasteiger charge is -2.50. The van der Waals surface area contributed by atoms with Gasteiger partial charge in [-0.1, -0.05) is 0 Å². The average molecular weight is 670 g/mol. The number of carbonyl (C=O) groups is 1. The molecule has 0 aromatic carbocycles. The minimum atomic E-state index is -1.70. The van der Waals surface area contributed by atoms with Crippen LogP contribution in [-0.4, -0.2) is 179 Å². The summed E-state index contributed by atoms with van der Waals surface area (Å²) in [7, 11) is 0. The fraction of sp³-hybridized carbons (Fsp3) is 0.966. The molecule has 2 aliphatic carbocycles. The molecule has 0 radical (unpaired) electrons. The average Bonchev–Trinajstić information content (AvgIpc) is 3.02. The van der Waals surface area contributed by atoms with Crippen LogP contribution < -0.4 is 0 Å². The summed E-state index contributed by atoms with van der Waals surface area (Å²) in [5.74, 6) is -1.39. The quantitative estimate of drug-likeness (QED) is 0.0855. The molecular formula is C29H49O17+. The van der Waals surface area contributed by atoms with Crippen LogP contribution in [0.1, 0.15) is 45.4 Å². The fourth-order valence-corrected chi connectivity index (χ4v) is 7.53. The Labute approximate surface area is 265 Å². The molecule has 19 unspecified atom stereocenters. The van der Waals surface area contributed by atoms with Crippen molar-refractivity contribution in [1.29, 1.82) is 0 Å². The Morgan fingerprint density at radius 2 is 1.33 bits per heavy atom.